The number of aliphatic hydroxyl groups excluding tert-OH is 1. The smallest absolute Gasteiger partial charge is 0.328 e. The molecule has 0 amide bonds. The number of hydrogen-bond acceptors (Lipinski definition) is 6. The third-order valence-electron chi connectivity index (χ3n) is 2.58. The molecule has 1 aromatic carbocycles. The van der Waals surface area contributed by atoms with Crippen LogP contribution in [0.3, 0.4) is 0 Å². The molecule has 0 radical (unpaired) electrons. The van der Waals surface area contributed by atoms with Gasteiger partial charge in [0.1, 0.15) is 5.75 Å². The quantitative estimate of drug-likeness (QED) is 0.793. The van der Waals surface area contributed by atoms with Crippen molar-refractivity contribution >= 4 is 11.6 Å². The van der Waals surface area contributed by atoms with Crippen molar-refractivity contribution in [3.8, 4) is 17.7 Å². The van der Waals surface area contributed by atoms with E-state index in [-0.39, 0.29) is 23.8 Å². The normalized spacial score (nSPS) is 10.6. The monoisotopic (exact) mass is 303 g/mol. The van der Waals surface area contributed by atoms with Crippen molar-refractivity contribution < 1.29 is 9.84 Å². The molecular formula is C13H10ClN5O2. The van der Waals surface area contributed by atoms with Gasteiger partial charge in [0.2, 0.25) is 5.28 Å². The maximum absolute atomic E-state index is 9.11. The molecule has 0 aliphatic heterocycles. The summed E-state index contributed by atoms with van der Waals surface area (Å²) < 4.78 is 6.99. The number of aromatic nitrogens is 5. The lowest BCUT2D eigenvalue weighted by molar-refractivity contribution is 0.281. The first-order valence-corrected chi connectivity index (χ1v) is 6.41. The van der Waals surface area contributed by atoms with E-state index in [9.17, 15) is 0 Å². The fraction of sp³-hybridized carbons (Fsp3) is 0.0769. The number of aliphatic hydroxyl groups is 1. The summed E-state index contributed by atoms with van der Waals surface area (Å²) in [6.07, 6.45) is 3.28. The second-order valence-corrected chi connectivity index (χ2v) is 4.38. The zero-order chi connectivity index (χ0) is 14.7. The van der Waals surface area contributed by atoms with Gasteiger partial charge in [-0.1, -0.05) is 12.1 Å². The van der Waals surface area contributed by atoms with Gasteiger partial charge in [-0.15, -0.1) is 0 Å². The molecule has 0 unspecified atom stereocenters. The van der Waals surface area contributed by atoms with E-state index >= 15 is 0 Å². The zero-order valence-corrected chi connectivity index (χ0v) is 11.5. The molecule has 0 spiro atoms. The topological polar surface area (TPSA) is 86.0 Å². The average molecular weight is 304 g/mol. The van der Waals surface area contributed by atoms with Gasteiger partial charge in [-0.3, -0.25) is 0 Å². The Morgan fingerprint density at radius 3 is 2.86 bits per heavy atom. The highest BCUT2D eigenvalue weighted by Crippen LogP contribution is 2.20. The standard InChI is InChI=1S/C13H10ClN5O2/c14-11-16-12(19-6-2-5-15-19)18-13(17-11)21-10-4-1-3-9(7-10)8-20/h1-7,20H,8H2. The van der Waals surface area contributed by atoms with Crippen molar-refractivity contribution in [1.29, 1.82) is 0 Å². The van der Waals surface area contributed by atoms with Crippen LogP contribution in [-0.4, -0.2) is 29.8 Å². The Morgan fingerprint density at radius 1 is 1.19 bits per heavy atom. The number of rotatable bonds is 4. The summed E-state index contributed by atoms with van der Waals surface area (Å²) >= 11 is 5.87. The third kappa shape index (κ3) is 3.15. The first-order valence-electron chi connectivity index (χ1n) is 6.04. The van der Waals surface area contributed by atoms with Crippen molar-refractivity contribution in [1.82, 2.24) is 24.7 Å². The zero-order valence-electron chi connectivity index (χ0n) is 10.7. The fourth-order valence-corrected chi connectivity index (χ4v) is 1.82. The minimum Gasteiger partial charge on any atom is -0.424 e. The van der Waals surface area contributed by atoms with E-state index in [0.717, 1.165) is 5.56 Å². The molecule has 1 N–H and O–H groups in total. The van der Waals surface area contributed by atoms with Crippen LogP contribution < -0.4 is 4.74 Å². The Kier molecular flexibility index (Phi) is 3.76. The second kappa shape index (κ2) is 5.86. The summed E-state index contributed by atoms with van der Waals surface area (Å²) in [6, 6.07) is 8.75. The molecular weight excluding hydrogens is 294 g/mol. The van der Waals surface area contributed by atoms with E-state index < -0.39 is 0 Å². The number of benzene rings is 1. The molecule has 106 valence electrons. The van der Waals surface area contributed by atoms with E-state index in [2.05, 4.69) is 20.1 Å². The molecule has 2 heterocycles. The van der Waals surface area contributed by atoms with Crippen molar-refractivity contribution in [2.45, 2.75) is 6.61 Å². The van der Waals surface area contributed by atoms with E-state index in [1.54, 1.807) is 42.7 Å². The van der Waals surface area contributed by atoms with Gasteiger partial charge < -0.3 is 9.84 Å². The number of ether oxygens (including phenoxy) is 1. The van der Waals surface area contributed by atoms with Gasteiger partial charge in [0.25, 0.3) is 5.95 Å². The Balaban J connectivity index is 1.91. The number of hydrogen-bond donors (Lipinski definition) is 1. The number of nitrogens with zero attached hydrogens (tertiary/aromatic N) is 5. The van der Waals surface area contributed by atoms with Crippen LogP contribution >= 0.6 is 11.6 Å². The third-order valence-corrected chi connectivity index (χ3v) is 2.74. The molecule has 0 bridgehead atoms. The van der Waals surface area contributed by atoms with Gasteiger partial charge in [0.05, 0.1) is 6.61 Å². The highest BCUT2D eigenvalue weighted by atomic mass is 35.5. The van der Waals surface area contributed by atoms with E-state index in [0.29, 0.717) is 5.75 Å². The summed E-state index contributed by atoms with van der Waals surface area (Å²) in [6.45, 7) is -0.0757. The van der Waals surface area contributed by atoms with Crippen LogP contribution in [0.25, 0.3) is 5.95 Å². The summed E-state index contributed by atoms with van der Waals surface area (Å²) in [5, 5.41) is 13.1. The molecule has 0 saturated heterocycles. The fourth-order valence-electron chi connectivity index (χ4n) is 1.67. The minimum absolute atomic E-state index is 0.00353. The average Bonchev–Trinajstić information content (AvgIpc) is 3.01. The Bertz CT molecular complexity index is 748. The maximum atomic E-state index is 9.11. The molecule has 0 aliphatic carbocycles. The molecule has 21 heavy (non-hydrogen) atoms. The van der Waals surface area contributed by atoms with E-state index in [4.69, 9.17) is 21.4 Å². The molecule has 3 rings (SSSR count). The van der Waals surface area contributed by atoms with Crippen molar-refractivity contribution in [2.24, 2.45) is 0 Å². The largest absolute Gasteiger partial charge is 0.424 e. The predicted molar refractivity (Wildman–Crippen MR) is 74.4 cm³/mol. The first-order chi connectivity index (χ1) is 10.2. The molecule has 0 saturated carbocycles. The lowest BCUT2D eigenvalue weighted by atomic mass is 10.2. The van der Waals surface area contributed by atoms with Crippen LogP contribution in [0.4, 0.5) is 0 Å². The summed E-state index contributed by atoms with van der Waals surface area (Å²) in [7, 11) is 0. The molecule has 2 aromatic heterocycles. The van der Waals surface area contributed by atoms with Gasteiger partial charge in [-0.25, -0.2) is 4.68 Å². The van der Waals surface area contributed by atoms with Crippen LogP contribution in [0.2, 0.25) is 5.28 Å². The Morgan fingerprint density at radius 2 is 2.10 bits per heavy atom. The van der Waals surface area contributed by atoms with E-state index in [1.165, 1.54) is 4.68 Å². The van der Waals surface area contributed by atoms with Gasteiger partial charge >= 0.3 is 6.01 Å². The van der Waals surface area contributed by atoms with Crippen LogP contribution in [-0.2, 0) is 6.61 Å². The van der Waals surface area contributed by atoms with Crippen LogP contribution in [0.1, 0.15) is 5.56 Å². The molecule has 0 aliphatic rings. The molecule has 8 heteroatoms. The Hall–Kier alpha value is -2.51. The SMILES string of the molecule is OCc1cccc(Oc2nc(Cl)nc(-n3cccn3)n2)c1. The highest BCUT2D eigenvalue weighted by Gasteiger charge is 2.09. The molecule has 0 fully saturated rings. The maximum Gasteiger partial charge on any atom is 0.328 e. The lowest BCUT2D eigenvalue weighted by Gasteiger charge is -2.06. The molecule has 0 atom stereocenters. The van der Waals surface area contributed by atoms with Crippen LogP contribution in [0.5, 0.6) is 11.8 Å². The summed E-state index contributed by atoms with van der Waals surface area (Å²) in [5.74, 6) is 0.753. The van der Waals surface area contributed by atoms with Gasteiger partial charge in [0, 0.05) is 12.4 Å². The van der Waals surface area contributed by atoms with Crippen LogP contribution in [0.15, 0.2) is 42.7 Å². The Labute approximate surface area is 124 Å². The molecule has 3 aromatic rings. The van der Waals surface area contributed by atoms with E-state index in [1.807, 2.05) is 0 Å². The van der Waals surface area contributed by atoms with Crippen molar-refractivity contribution in [2.75, 3.05) is 0 Å². The van der Waals surface area contributed by atoms with Gasteiger partial charge in [0.15, 0.2) is 0 Å². The minimum atomic E-state index is -0.0757. The van der Waals surface area contributed by atoms with Crippen molar-refractivity contribution in [3.63, 3.8) is 0 Å². The summed E-state index contributed by atoms with van der Waals surface area (Å²) in [4.78, 5) is 12.0. The second-order valence-electron chi connectivity index (χ2n) is 4.05. The van der Waals surface area contributed by atoms with Crippen LogP contribution in [0, 0.1) is 0 Å². The molecule has 7 nitrogen and oxygen atoms in total. The predicted octanol–water partition coefficient (Wildman–Crippen LogP) is 2.00. The van der Waals surface area contributed by atoms with Gasteiger partial charge in [-0.2, -0.15) is 20.1 Å². The van der Waals surface area contributed by atoms with Gasteiger partial charge in [-0.05, 0) is 35.4 Å². The summed E-state index contributed by atoms with van der Waals surface area (Å²) in [5.41, 5.74) is 0.722. The van der Waals surface area contributed by atoms with Crippen molar-refractivity contribution in [3.05, 3.63) is 53.6 Å². The highest BCUT2D eigenvalue weighted by molar-refractivity contribution is 6.28. The first kappa shape index (κ1) is 13.5. The number of halogens is 1. The lowest BCUT2D eigenvalue weighted by Crippen LogP contribution is -2.05.